The molecule has 0 aromatic carbocycles. The summed E-state index contributed by atoms with van der Waals surface area (Å²) in [5, 5.41) is 12.0. The molecule has 0 aliphatic carbocycles. The molecular weight excluding hydrogens is 232 g/mol. The molecule has 0 spiro atoms. The second kappa shape index (κ2) is 3.26. The highest BCUT2D eigenvalue weighted by atomic mass is 79.9. The number of aryl methyl sites for hydroxylation is 1. The van der Waals surface area contributed by atoms with Crippen molar-refractivity contribution in [1.82, 2.24) is 20.0 Å². The van der Waals surface area contributed by atoms with Gasteiger partial charge in [0.2, 0.25) is 0 Å². The fourth-order valence-electron chi connectivity index (χ4n) is 1.06. The Kier molecular flexibility index (Phi) is 2.10. The third-order valence-corrected chi connectivity index (χ3v) is 2.18. The first-order chi connectivity index (χ1) is 6.27. The van der Waals surface area contributed by atoms with Crippen LogP contribution in [0.15, 0.2) is 29.0 Å². The molecule has 0 bridgehead atoms. The van der Waals surface area contributed by atoms with Gasteiger partial charge < -0.3 is 0 Å². The minimum atomic E-state index is 0.773. The largest absolute Gasteiger partial charge is 0.274 e. The quantitative estimate of drug-likeness (QED) is 0.759. The van der Waals surface area contributed by atoms with Crippen LogP contribution in [0.4, 0.5) is 0 Å². The first kappa shape index (κ1) is 8.37. The van der Waals surface area contributed by atoms with Gasteiger partial charge in [-0.05, 0) is 28.1 Å². The van der Waals surface area contributed by atoms with Crippen LogP contribution in [0.2, 0.25) is 0 Å². The van der Waals surface area contributed by atoms with E-state index in [-0.39, 0.29) is 0 Å². The van der Waals surface area contributed by atoms with Crippen molar-refractivity contribution < 1.29 is 0 Å². The van der Waals surface area contributed by atoms with Gasteiger partial charge in [0.15, 0.2) is 0 Å². The molecule has 0 saturated carbocycles. The summed E-state index contributed by atoms with van der Waals surface area (Å²) >= 11 is 3.40. The van der Waals surface area contributed by atoms with Gasteiger partial charge in [0.1, 0.15) is 11.4 Å². The number of hydrogen-bond donors (Lipinski definition) is 0. The van der Waals surface area contributed by atoms with Gasteiger partial charge in [-0.2, -0.15) is 10.2 Å². The minimum absolute atomic E-state index is 0.773. The average Bonchev–Trinajstić information content (AvgIpc) is 2.47. The van der Waals surface area contributed by atoms with E-state index in [0.29, 0.717) is 0 Å². The van der Waals surface area contributed by atoms with Crippen LogP contribution in [0.5, 0.6) is 0 Å². The zero-order chi connectivity index (χ0) is 9.26. The molecule has 2 aromatic rings. The summed E-state index contributed by atoms with van der Waals surface area (Å²) in [6, 6.07) is 3.71. The predicted octanol–water partition coefficient (Wildman–Crippen LogP) is 1.64. The van der Waals surface area contributed by atoms with E-state index < -0.39 is 0 Å². The van der Waals surface area contributed by atoms with E-state index in [1.54, 1.807) is 10.9 Å². The molecule has 0 saturated heterocycles. The molecular formula is C8H7BrN4. The normalized spacial score (nSPS) is 10.3. The lowest BCUT2D eigenvalue weighted by Gasteiger charge is -1.93. The van der Waals surface area contributed by atoms with Crippen molar-refractivity contribution in [1.29, 1.82) is 0 Å². The third-order valence-electron chi connectivity index (χ3n) is 1.60. The van der Waals surface area contributed by atoms with Crippen molar-refractivity contribution >= 4 is 15.9 Å². The van der Waals surface area contributed by atoms with E-state index in [9.17, 15) is 0 Å². The number of hydrogen-bond acceptors (Lipinski definition) is 3. The first-order valence-electron chi connectivity index (χ1n) is 3.74. The molecule has 0 fully saturated rings. The van der Waals surface area contributed by atoms with Crippen molar-refractivity contribution in [2.75, 3.05) is 0 Å². The molecule has 0 N–H and O–H groups in total. The van der Waals surface area contributed by atoms with Crippen molar-refractivity contribution in [3.8, 4) is 11.4 Å². The molecule has 5 heteroatoms. The second-order valence-electron chi connectivity index (χ2n) is 2.61. The summed E-state index contributed by atoms with van der Waals surface area (Å²) in [6.45, 7) is 0. The molecule has 0 unspecified atom stereocenters. The minimum Gasteiger partial charge on any atom is -0.274 e. The van der Waals surface area contributed by atoms with Gasteiger partial charge in [-0.1, -0.05) is 0 Å². The molecule has 0 radical (unpaired) electrons. The van der Waals surface area contributed by atoms with Crippen LogP contribution >= 0.6 is 15.9 Å². The summed E-state index contributed by atoms with van der Waals surface area (Å²) in [5.41, 5.74) is 1.59. The monoisotopic (exact) mass is 238 g/mol. The van der Waals surface area contributed by atoms with E-state index in [1.807, 2.05) is 25.4 Å². The number of nitrogens with zero attached hydrogens (tertiary/aromatic N) is 4. The molecule has 66 valence electrons. The van der Waals surface area contributed by atoms with Crippen LogP contribution in [-0.2, 0) is 7.05 Å². The molecule has 0 amide bonds. The fourth-order valence-corrected chi connectivity index (χ4v) is 1.64. The van der Waals surface area contributed by atoms with Crippen molar-refractivity contribution in [3.05, 3.63) is 29.0 Å². The highest BCUT2D eigenvalue weighted by Crippen LogP contribution is 2.23. The lowest BCUT2D eigenvalue weighted by Crippen LogP contribution is -1.90. The van der Waals surface area contributed by atoms with Crippen LogP contribution in [-0.4, -0.2) is 20.0 Å². The molecule has 0 aliphatic rings. The average molecular weight is 239 g/mol. The van der Waals surface area contributed by atoms with Gasteiger partial charge in [0.25, 0.3) is 0 Å². The van der Waals surface area contributed by atoms with E-state index in [1.165, 1.54) is 0 Å². The van der Waals surface area contributed by atoms with Gasteiger partial charge in [0, 0.05) is 19.4 Å². The van der Waals surface area contributed by atoms with Crippen molar-refractivity contribution in [2.24, 2.45) is 7.05 Å². The topological polar surface area (TPSA) is 43.6 Å². The fraction of sp³-hybridized carbons (Fsp3) is 0.125. The predicted molar refractivity (Wildman–Crippen MR) is 51.9 cm³/mol. The highest BCUT2D eigenvalue weighted by Gasteiger charge is 2.08. The lowest BCUT2D eigenvalue weighted by atomic mass is 10.3. The Morgan fingerprint density at radius 2 is 2.31 bits per heavy atom. The molecule has 0 aliphatic heterocycles. The maximum Gasteiger partial charge on any atom is 0.127 e. The van der Waals surface area contributed by atoms with Gasteiger partial charge in [-0.25, -0.2) is 0 Å². The van der Waals surface area contributed by atoms with Crippen LogP contribution in [0.1, 0.15) is 0 Å². The van der Waals surface area contributed by atoms with E-state index in [0.717, 1.165) is 15.9 Å². The van der Waals surface area contributed by atoms with Crippen LogP contribution < -0.4 is 0 Å². The van der Waals surface area contributed by atoms with Gasteiger partial charge in [-0.3, -0.25) is 4.68 Å². The molecule has 13 heavy (non-hydrogen) atoms. The molecule has 2 aromatic heterocycles. The number of aromatic nitrogens is 4. The van der Waals surface area contributed by atoms with Gasteiger partial charge in [-0.15, -0.1) is 5.10 Å². The third kappa shape index (κ3) is 1.60. The molecule has 0 atom stereocenters. The lowest BCUT2D eigenvalue weighted by molar-refractivity contribution is 0.768. The van der Waals surface area contributed by atoms with Crippen molar-refractivity contribution in [2.45, 2.75) is 0 Å². The Bertz CT molecular complexity index is 409. The van der Waals surface area contributed by atoms with E-state index in [4.69, 9.17) is 0 Å². The SMILES string of the molecule is Cn1cc(Br)c(-c2cccnn2)n1. The standard InChI is InChI=1S/C8H7BrN4/c1-13-5-6(9)8(12-13)7-3-2-4-10-11-7/h2-5H,1H3. The number of halogens is 1. The summed E-state index contributed by atoms with van der Waals surface area (Å²) in [4.78, 5) is 0. The summed E-state index contributed by atoms with van der Waals surface area (Å²) < 4.78 is 2.66. The molecule has 4 nitrogen and oxygen atoms in total. The molecule has 2 heterocycles. The van der Waals surface area contributed by atoms with Gasteiger partial charge in [0.05, 0.1) is 4.47 Å². The highest BCUT2D eigenvalue weighted by molar-refractivity contribution is 9.10. The van der Waals surface area contributed by atoms with Crippen LogP contribution in [0, 0.1) is 0 Å². The molecule has 2 rings (SSSR count). The zero-order valence-corrected chi connectivity index (χ0v) is 8.56. The van der Waals surface area contributed by atoms with E-state index >= 15 is 0 Å². The zero-order valence-electron chi connectivity index (χ0n) is 6.98. The Morgan fingerprint density at radius 3 is 2.85 bits per heavy atom. The first-order valence-corrected chi connectivity index (χ1v) is 4.54. The maximum atomic E-state index is 4.25. The second-order valence-corrected chi connectivity index (χ2v) is 3.46. The van der Waals surface area contributed by atoms with Crippen LogP contribution in [0.25, 0.3) is 11.4 Å². The Hall–Kier alpha value is -1.23. The summed E-state index contributed by atoms with van der Waals surface area (Å²) in [5.74, 6) is 0. The maximum absolute atomic E-state index is 4.25. The Labute approximate surface area is 83.7 Å². The van der Waals surface area contributed by atoms with Crippen molar-refractivity contribution in [3.63, 3.8) is 0 Å². The Balaban J connectivity index is 2.53. The Morgan fingerprint density at radius 1 is 1.46 bits per heavy atom. The smallest absolute Gasteiger partial charge is 0.127 e. The van der Waals surface area contributed by atoms with Gasteiger partial charge >= 0.3 is 0 Å². The summed E-state index contributed by atoms with van der Waals surface area (Å²) in [6.07, 6.45) is 3.52. The summed E-state index contributed by atoms with van der Waals surface area (Å²) in [7, 11) is 1.87. The van der Waals surface area contributed by atoms with E-state index in [2.05, 4.69) is 31.2 Å². The number of rotatable bonds is 1. The van der Waals surface area contributed by atoms with Crippen LogP contribution in [0.3, 0.4) is 0 Å².